The number of unbranched alkanes of at least 4 members (excludes halogenated alkanes) is 1. The highest BCUT2D eigenvalue weighted by Gasteiger charge is 2.50. The first-order chi connectivity index (χ1) is 13.4. The van der Waals surface area contributed by atoms with Crippen LogP contribution in [-0.2, 0) is 10.4 Å². The van der Waals surface area contributed by atoms with Gasteiger partial charge in [-0.05, 0) is 24.0 Å². The molecule has 3 rings (SSSR count). The van der Waals surface area contributed by atoms with E-state index in [1.54, 1.807) is 36.4 Å². The van der Waals surface area contributed by atoms with Gasteiger partial charge in [0.05, 0.1) is 18.2 Å². The summed E-state index contributed by atoms with van der Waals surface area (Å²) in [7, 11) is 0. The molecule has 1 N–H and O–H groups in total. The number of carbonyl (C=O) groups excluding carboxylic acids is 2. The summed E-state index contributed by atoms with van der Waals surface area (Å²) >= 11 is 0. The summed E-state index contributed by atoms with van der Waals surface area (Å²) in [5, 5.41) is 20.0. The third-order valence-electron chi connectivity index (χ3n) is 5.23. The lowest BCUT2D eigenvalue weighted by Crippen LogP contribution is -2.42. The van der Waals surface area contributed by atoms with Crippen LogP contribution in [-0.4, -0.2) is 23.3 Å². The fourth-order valence-corrected chi connectivity index (χ4v) is 3.60. The van der Waals surface area contributed by atoms with E-state index in [2.05, 4.69) is 19.9 Å². The minimum atomic E-state index is -1.88. The normalized spacial score (nSPS) is 18.2. The zero-order valence-corrected chi connectivity index (χ0v) is 16.2. The molecule has 1 atom stereocenters. The number of hydrogen-bond donors (Lipinski definition) is 1. The number of benzene rings is 2. The predicted molar refractivity (Wildman–Crippen MR) is 107 cm³/mol. The summed E-state index contributed by atoms with van der Waals surface area (Å²) in [5.74, 6) is -0.419. The van der Waals surface area contributed by atoms with Crippen LogP contribution < -0.4 is 4.90 Å². The maximum absolute atomic E-state index is 13.0. The van der Waals surface area contributed by atoms with Gasteiger partial charge in [0, 0.05) is 24.1 Å². The SMILES string of the molecule is CC(C)c1ccc(C(=O)C[C@@]2(O)C(=O)N(CCCC#N)c3ccccc32)cc1. The van der Waals surface area contributed by atoms with Crippen molar-refractivity contribution in [1.82, 2.24) is 0 Å². The third kappa shape index (κ3) is 3.56. The van der Waals surface area contributed by atoms with Gasteiger partial charge in [-0.25, -0.2) is 0 Å². The topological polar surface area (TPSA) is 81.4 Å². The Morgan fingerprint density at radius 3 is 2.50 bits per heavy atom. The second kappa shape index (κ2) is 7.95. The molecular formula is C23H24N2O3. The molecule has 0 spiro atoms. The Bertz CT molecular complexity index is 928. The molecule has 1 aliphatic rings. The molecule has 0 bridgehead atoms. The van der Waals surface area contributed by atoms with Gasteiger partial charge in [0.2, 0.25) is 0 Å². The van der Waals surface area contributed by atoms with Crippen LogP contribution >= 0.6 is 0 Å². The molecule has 1 heterocycles. The molecule has 0 saturated carbocycles. The van der Waals surface area contributed by atoms with E-state index < -0.39 is 11.5 Å². The van der Waals surface area contributed by atoms with Crippen molar-refractivity contribution < 1.29 is 14.7 Å². The molecular weight excluding hydrogens is 352 g/mol. The Morgan fingerprint density at radius 2 is 1.86 bits per heavy atom. The van der Waals surface area contributed by atoms with E-state index in [1.807, 2.05) is 12.1 Å². The Balaban J connectivity index is 1.86. The number of fused-ring (bicyclic) bond motifs is 1. The van der Waals surface area contributed by atoms with Crippen molar-refractivity contribution >= 4 is 17.4 Å². The van der Waals surface area contributed by atoms with Crippen molar-refractivity contribution in [1.29, 1.82) is 5.26 Å². The van der Waals surface area contributed by atoms with Gasteiger partial charge in [-0.15, -0.1) is 0 Å². The van der Waals surface area contributed by atoms with Crippen molar-refractivity contribution in [2.75, 3.05) is 11.4 Å². The minimum Gasteiger partial charge on any atom is -0.375 e. The van der Waals surface area contributed by atoms with Crippen LogP contribution in [0, 0.1) is 11.3 Å². The second-order valence-corrected chi connectivity index (χ2v) is 7.47. The fraction of sp³-hybridized carbons (Fsp3) is 0.348. The van der Waals surface area contributed by atoms with Crippen LogP contribution in [0.3, 0.4) is 0 Å². The second-order valence-electron chi connectivity index (χ2n) is 7.47. The van der Waals surface area contributed by atoms with Crippen LogP contribution in [0.1, 0.15) is 60.5 Å². The van der Waals surface area contributed by atoms with E-state index in [1.165, 1.54) is 4.90 Å². The van der Waals surface area contributed by atoms with E-state index in [0.29, 0.717) is 42.1 Å². The number of amides is 1. The summed E-state index contributed by atoms with van der Waals surface area (Å²) in [6, 6.07) is 16.4. The van der Waals surface area contributed by atoms with Crippen molar-refractivity contribution in [2.45, 2.75) is 44.6 Å². The molecule has 5 heteroatoms. The Kier molecular flexibility index (Phi) is 5.62. The number of carbonyl (C=O) groups is 2. The number of anilines is 1. The quantitative estimate of drug-likeness (QED) is 0.586. The van der Waals surface area contributed by atoms with Crippen LogP contribution in [0.2, 0.25) is 0 Å². The van der Waals surface area contributed by atoms with Gasteiger partial charge in [0.1, 0.15) is 0 Å². The highest BCUT2D eigenvalue weighted by molar-refractivity contribution is 6.10. The van der Waals surface area contributed by atoms with E-state index in [-0.39, 0.29) is 12.2 Å². The first kappa shape index (κ1) is 19.8. The van der Waals surface area contributed by atoms with E-state index in [9.17, 15) is 14.7 Å². The molecule has 2 aromatic carbocycles. The molecule has 2 aromatic rings. The summed E-state index contributed by atoms with van der Waals surface area (Å²) < 4.78 is 0. The lowest BCUT2D eigenvalue weighted by Gasteiger charge is -2.22. The number of hydrogen-bond acceptors (Lipinski definition) is 4. The van der Waals surface area contributed by atoms with Crippen molar-refractivity contribution in [3.8, 4) is 6.07 Å². The number of para-hydroxylation sites is 1. The van der Waals surface area contributed by atoms with Gasteiger partial charge in [-0.2, -0.15) is 5.26 Å². The zero-order valence-electron chi connectivity index (χ0n) is 16.2. The van der Waals surface area contributed by atoms with Crippen molar-refractivity contribution in [3.63, 3.8) is 0 Å². The summed E-state index contributed by atoms with van der Waals surface area (Å²) in [6.45, 7) is 4.49. The smallest absolute Gasteiger partial charge is 0.264 e. The fourth-order valence-electron chi connectivity index (χ4n) is 3.60. The van der Waals surface area contributed by atoms with Crippen LogP contribution in [0.4, 0.5) is 5.69 Å². The average molecular weight is 376 g/mol. The van der Waals surface area contributed by atoms with Gasteiger partial charge < -0.3 is 10.0 Å². The first-order valence-electron chi connectivity index (χ1n) is 9.52. The highest BCUT2D eigenvalue weighted by Crippen LogP contribution is 2.43. The van der Waals surface area contributed by atoms with Gasteiger partial charge in [0.15, 0.2) is 11.4 Å². The molecule has 0 radical (unpaired) electrons. The average Bonchev–Trinajstić information content (AvgIpc) is 2.90. The number of nitrogens with zero attached hydrogens (tertiary/aromatic N) is 2. The number of nitriles is 1. The maximum Gasteiger partial charge on any atom is 0.264 e. The monoisotopic (exact) mass is 376 g/mol. The van der Waals surface area contributed by atoms with E-state index >= 15 is 0 Å². The van der Waals surface area contributed by atoms with E-state index in [4.69, 9.17) is 5.26 Å². The predicted octanol–water partition coefficient (Wildman–Crippen LogP) is 3.92. The Labute approximate surface area is 165 Å². The molecule has 0 fully saturated rings. The molecule has 0 saturated heterocycles. The summed E-state index contributed by atoms with van der Waals surface area (Å²) in [6.07, 6.45) is 0.529. The van der Waals surface area contributed by atoms with Crippen molar-refractivity contribution in [2.24, 2.45) is 0 Å². The largest absolute Gasteiger partial charge is 0.375 e. The standard InChI is InChI=1S/C23H24N2O3/c1-16(2)17-9-11-18(12-10-17)21(26)15-23(28)19-7-3-4-8-20(19)25(22(23)27)14-6-5-13-24/h3-4,7-12,16,28H,5-6,14-15H2,1-2H3/t23-/m0/s1. The number of rotatable bonds is 7. The zero-order chi connectivity index (χ0) is 20.3. The minimum absolute atomic E-state index is 0.278. The van der Waals surface area contributed by atoms with Gasteiger partial charge in [-0.1, -0.05) is 56.3 Å². The van der Waals surface area contributed by atoms with E-state index in [0.717, 1.165) is 5.56 Å². The molecule has 1 amide bonds. The summed E-state index contributed by atoms with van der Waals surface area (Å²) in [4.78, 5) is 27.4. The van der Waals surface area contributed by atoms with Crippen molar-refractivity contribution in [3.05, 3.63) is 65.2 Å². The highest BCUT2D eigenvalue weighted by atomic mass is 16.3. The molecule has 0 aliphatic carbocycles. The van der Waals surface area contributed by atoms with Crippen LogP contribution in [0.15, 0.2) is 48.5 Å². The molecule has 144 valence electrons. The van der Waals surface area contributed by atoms with Crippen LogP contribution in [0.5, 0.6) is 0 Å². The summed E-state index contributed by atoms with van der Waals surface area (Å²) in [5.41, 5.74) is 0.782. The van der Waals surface area contributed by atoms with Gasteiger partial charge in [0.25, 0.3) is 5.91 Å². The Hall–Kier alpha value is -2.97. The third-order valence-corrected chi connectivity index (χ3v) is 5.23. The maximum atomic E-state index is 13.0. The molecule has 5 nitrogen and oxygen atoms in total. The molecule has 1 aliphatic heterocycles. The molecule has 0 unspecified atom stereocenters. The molecule has 28 heavy (non-hydrogen) atoms. The van der Waals surface area contributed by atoms with Gasteiger partial charge >= 0.3 is 0 Å². The molecule has 0 aromatic heterocycles. The lowest BCUT2D eigenvalue weighted by molar-refractivity contribution is -0.135. The van der Waals surface area contributed by atoms with Gasteiger partial charge in [-0.3, -0.25) is 9.59 Å². The lowest BCUT2D eigenvalue weighted by atomic mass is 9.87. The Morgan fingerprint density at radius 1 is 1.18 bits per heavy atom. The number of Topliss-reactive ketones (excluding diaryl/α,β-unsaturated/α-hetero) is 1. The number of aliphatic hydroxyl groups is 1. The first-order valence-corrected chi connectivity index (χ1v) is 9.52. The number of ketones is 1. The van der Waals surface area contributed by atoms with Crippen LogP contribution in [0.25, 0.3) is 0 Å².